The first-order chi connectivity index (χ1) is 9.97. The fraction of sp³-hybridized carbons (Fsp3) is 0.429. The molecule has 0 bridgehead atoms. The van der Waals surface area contributed by atoms with Gasteiger partial charge >= 0.3 is 0 Å². The van der Waals surface area contributed by atoms with Gasteiger partial charge in [0.15, 0.2) is 0 Å². The van der Waals surface area contributed by atoms with Gasteiger partial charge in [0.2, 0.25) is 5.91 Å². The van der Waals surface area contributed by atoms with Gasteiger partial charge in [-0.2, -0.15) is 5.10 Å². The van der Waals surface area contributed by atoms with Gasteiger partial charge in [0, 0.05) is 24.1 Å². The summed E-state index contributed by atoms with van der Waals surface area (Å²) in [4.78, 5) is 22.2. The summed E-state index contributed by atoms with van der Waals surface area (Å²) < 4.78 is 1.48. The van der Waals surface area contributed by atoms with Gasteiger partial charge in [-0.25, -0.2) is 0 Å². The molecule has 7 nitrogen and oxygen atoms in total. The van der Waals surface area contributed by atoms with Gasteiger partial charge in [0.25, 0.3) is 5.69 Å². The van der Waals surface area contributed by atoms with Crippen LogP contribution in [0.5, 0.6) is 0 Å². The van der Waals surface area contributed by atoms with E-state index in [1.165, 1.54) is 16.8 Å². The quantitative estimate of drug-likeness (QED) is 0.651. The second-order valence-corrected chi connectivity index (χ2v) is 5.33. The zero-order valence-corrected chi connectivity index (χ0v) is 12.1. The summed E-state index contributed by atoms with van der Waals surface area (Å²) in [5, 5.41) is 18.5. The van der Waals surface area contributed by atoms with E-state index >= 15 is 0 Å². The van der Waals surface area contributed by atoms with Gasteiger partial charge in [-0.05, 0) is 18.4 Å². The van der Waals surface area contributed by atoms with Crippen LogP contribution in [-0.2, 0) is 11.3 Å². The zero-order valence-electron chi connectivity index (χ0n) is 12.1. The predicted octanol–water partition coefficient (Wildman–Crippen LogP) is 2.11. The lowest BCUT2D eigenvalue weighted by Gasteiger charge is -2.07. The number of hydrogen-bond donors (Lipinski definition) is 1. The maximum atomic E-state index is 11.8. The Labute approximate surface area is 122 Å². The van der Waals surface area contributed by atoms with Crippen molar-refractivity contribution in [2.45, 2.75) is 26.8 Å². The van der Waals surface area contributed by atoms with E-state index in [0.717, 1.165) is 11.8 Å². The van der Waals surface area contributed by atoms with E-state index in [0.29, 0.717) is 18.0 Å². The van der Waals surface area contributed by atoms with Gasteiger partial charge in [-0.3, -0.25) is 19.6 Å². The summed E-state index contributed by atoms with van der Waals surface area (Å²) >= 11 is 0. The molecule has 1 amide bonds. The largest absolute Gasteiger partial charge is 0.354 e. The normalized spacial score (nSPS) is 11.0. The Morgan fingerprint density at radius 1 is 1.48 bits per heavy atom. The maximum absolute atomic E-state index is 11.8. The Balaban J connectivity index is 2.09. The van der Waals surface area contributed by atoms with E-state index in [2.05, 4.69) is 24.3 Å². The minimum Gasteiger partial charge on any atom is -0.354 e. The number of nitrogens with one attached hydrogen (secondary N) is 1. The SMILES string of the molecule is CC(C)CCNC(=O)Cn1ncc2ccc([N+](=O)[O-])cc21. The maximum Gasteiger partial charge on any atom is 0.271 e. The highest BCUT2D eigenvalue weighted by Gasteiger charge is 2.12. The second-order valence-electron chi connectivity index (χ2n) is 5.33. The minimum absolute atomic E-state index is 0.00975. The molecule has 0 aliphatic carbocycles. The highest BCUT2D eigenvalue weighted by molar-refractivity contribution is 5.83. The molecule has 0 radical (unpaired) electrons. The molecule has 1 aromatic heterocycles. The second kappa shape index (κ2) is 6.34. The first kappa shape index (κ1) is 15.0. The molecular weight excluding hydrogens is 272 g/mol. The lowest BCUT2D eigenvalue weighted by Crippen LogP contribution is -2.29. The van der Waals surface area contributed by atoms with Gasteiger partial charge in [-0.1, -0.05) is 13.8 Å². The van der Waals surface area contributed by atoms with Crippen molar-refractivity contribution >= 4 is 22.5 Å². The molecule has 0 fully saturated rings. The number of hydrogen-bond acceptors (Lipinski definition) is 4. The molecule has 0 atom stereocenters. The van der Waals surface area contributed by atoms with Gasteiger partial charge < -0.3 is 5.32 Å². The average molecular weight is 290 g/mol. The fourth-order valence-corrected chi connectivity index (χ4v) is 1.99. The Hall–Kier alpha value is -2.44. The summed E-state index contributed by atoms with van der Waals surface area (Å²) in [6, 6.07) is 4.49. The molecule has 0 aliphatic rings. The molecule has 1 N–H and O–H groups in total. The Morgan fingerprint density at radius 2 is 2.24 bits per heavy atom. The van der Waals surface area contributed by atoms with Crippen LogP contribution >= 0.6 is 0 Å². The van der Waals surface area contributed by atoms with Gasteiger partial charge in [0.1, 0.15) is 6.54 Å². The number of benzene rings is 1. The number of aromatic nitrogens is 2. The van der Waals surface area contributed by atoms with E-state index < -0.39 is 4.92 Å². The first-order valence-corrected chi connectivity index (χ1v) is 6.84. The number of nitro groups is 1. The molecule has 112 valence electrons. The van der Waals surface area contributed by atoms with Crippen LogP contribution in [0.4, 0.5) is 5.69 Å². The molecule has 0 saturated heterocycles. The van der Waals surface area contributed by atoms with Crippen LogP contribution in [0.1, 0.15) is 20.3 Å². The number of carbonyl (C=O) groups excluding carboxylic acids is 1. The molecule has 0 saturated carbocycles. The number of carbonyl (C=O) groups is 1. The van der Waals surface area contributed by atoms with Crippen LogP contribution < -0.4 is 5.32 Å². The number of non-ortho nitro benzene ring substituents is 1. The van der Waals surface area contributed by atoms with E-state index in [-0.39, 0.29) is 18.1 Å². The summed E-state index contributed by atoms with van der Waals surface area (Å²) in [7, 11) is 0. The van der Waals surface area contributed by atoms with Crippen LogP contribution in [-0.4, -0.2) is 27.2 Å². The molecule has 0 aliphatic heterocycles. The molecule has 1 aromatic carbocycles. The van der Waals surface area contributed by atoms with E-state index in [1.54, 1.807) is 12.3 Å². The molecule has 1 heterocycles. The van der Waals surface area contributed by atoms with Crippen molar-refractivity contribution < 1.29 is 9.72 Å². The Bertz CT molecular complexity index is 663. The van der Waals surface area contributed by atoms with E-state index in [4.69, 9.17) is 0 Å². The monoisotopic (exact) mass is 290 g/mol. The predicted molar refractivity (Wildman–Crippen MR) is 78.9 cm³/mol. The highest BCUT2D eigenvalue weighted by Crippen LogP contribution is 2.20. The third-order valence-corrected chi connectivity index (χ3v) is 3.18. The number of nitrogens with zero attached hydrogens (tertiary/aromatic N) is 3. The van der Waals surface area contributed by atoms with Crippen LogP contribution in [0.25, 0.3) is 10.9 Å². The van der Waals surface area contributed by atoms with Crippen molar-refractivity contribution in [3.8, 4) is 0 Å². The van der Waals surface area contributed by atoms with Crippen LogP contribution in [0.15, 0.2) is 24.4 Å². The van der Waals surface area contributed by atoms with Gasteiger partial charge in [0.05, 0.1) is 16.6 Å². The highest BCUT2D eigenvalue weighted by atomic mass is 16.6. The molecule has 2 aromatic rings. The van der Waals surface area contributed by atoms with Crippen molar-refractivity contribution in [3.05, 3.63) is 34.5 Å². The van der Waals surface area contributed by atoms with E-state index in [1.807, 2.05) is 0 Å². The third-order valence-electron chi connectivity index (χ3n) is 3.18. The molecule has 2 rings (SSSR count). The van der Waals surface area contributed by atoms with Crippen LogP contribution in [0.3, 0.4) is 0 Å². The topological polar surface area (TPSA) is 90.1 Å². The van der Waals surface area contributed by atoms with Crippen molar-refractivity contribution in [2.24, 2.45) is 5.92 Å². The first-order valence-electron chi connectivity index (χ1n) is 6.84. The standard InChI is InChI=1S/C14H18N4O3/c1-10(2)5-6-15-14(19)9-17-13-7-12(18(20)21)4-3-11(13)8-16-17/h3-4,7-8,10H,5-6,9H2,1-2H3,(H,15,19). The number of rotatable bonds is 6. The van der Waals surface area contributed by atoms with Crippen molar-refractivity contribution in [3.63, 3.8) is 0 Å². The summed E-state index contributed by atoms with van der Waals surface area (Å²) in [6.45, 7) is 4.86. The smallest absolute Gasteiger partial charge is 0.271 e. The lowest BCUT2D eigenvalue weighted by atomic mass is 10.1. The summed E-state index contributed by atoms with van der Waals surface area (Å²) in [5.74, 6) is 0.380. The van der Waals surface area contributed by atoms with Crippen LogP contribution in [0.2, 0.25) is 0 Å². The lowest BCUT2D eigenvalue weighted by molar-refractivity contribution is -0.384. The molecular formula is C14H18N4O3. The van der Waals surface area contributed by atoms with E-state index in [9.17, 15) is 14.9 Å². The minimum atomic E-state index is -0.459. The molecule has 21 heavy (non-hydrogen) atoms. The number of fused-ring (bicyclic) bond motifs is 1. The zero-order chi connectivity index (χ0) is 15.4. The molecule has 7 heteroatoms. The average Bonchev–Trinajstić information content (AvgIpc) is 2.80. The van der Waals surface area contributed by atoms with Crippen molar-refractivity contribution in [1.29, 1.82) is 0 Å². The number of nitro benzene ring substituents is 1. The van der Waals surface area contributed by atoms with Gasteiger partial charge in [-0.15, -0.1) is 0 Å². The van der Waals surface area contributed by atoms with Crippen molar-refractivity contribution in [1.82, 2.24) is 15.1 Å². The molecule has 0 spiro atoms. The Morgan fingerprint density at radius 3 is 2.90 bits per heavy atom. The van der Waals surface area contributed by atoms with Crippen molar-refractivity contribution in [2.75, 3.05) is 6.54 Å². The molecule has 0 unspecified atom stereocenters. The number of amides is 1. The Kier molecular flexibility index (Phi) is 4.52. The summed E-state index contributed by atoms with van der Waals surface area (Å²) in [5.41, 5.74) is 0.577. The fourth-order valence-electron chi connectivity index (χ4n) is 1.99. The third kappa shape index (κ3) is 3.77. The van der Waals surface area contributed by atoms with Crippen LogP contribution in [0, 0.1) is 16.0 Å². The summed E-state index contributed by atoms with van der Waals surface area (Å²) in [6.07, 6.45) is 2.51.